The third-order valence-corrected chi connectivity index (χ3v) is 2.47. The zero-order valence-corrected chi connectivity index (χ0v) is 11.7. The van der Waals surface area contributed by atoms with Crippen molar-refractivity contribution >= 4 is 11.8 Å². The topological polar surface area (TPSA) is 43.4 Å². The van der Waals surface area contributed by atoms with Gasteiger partial charge in [-0.3, -0.25) is 4.79 Å². The number of hydrogen-bond acceptors (Lipinski definition) is 3. The Bertz CT molecular complexity index is 467. The van der Waals surface area contributed by atoms with Crippen LogP contribution in [0.2, 0.25) is 0 Å². The van der Waals surface area contributed by atoms with Crippen LogP contribution in [0.15, 0.2) is 42.5 Å². The van der Waals surface area contributed by atoms with Crippen LogP contribution in [0.4, 0.5) is 0 Å². The molecule has 102 valence electrons. The number of ether oxygens (including phenoxy) is 1. The summed E-state index contributed by atoms with van der Waals surface area (Å²) < 4.78 is 5.11. The molecule has 19 heavy (non-hydrogen) atoms. The van der Waals surface area contributed by atoms with Gasteiger partial charge >= 0.3 is 5.97 Å². The normalized spacial score (nSPS) is 10.9. The highest BCUT2D eigenvalue weighted by Crippen LogP contribution is 2.12. The van der Waals surface area contributed by atoms with Gasteiger partial charge in [0.1, 0.15) is 5.60 Å². The first-order chi connectivity index (χ1) is 8.79. The molecule has 0 aliphatic heterocycles. The Labute approximate surface area is 114 Å². The first-order valence-corrected chi connectivity index (χ1v) is 6.29. The SMILES string of the molecule is C=C(C(=O)CCc1ccccc1)C(=O)OC(C)(C)C. The molecule has 0 heterocycles. The minimum atomic E-state index is -0.634. The molecule has 0 N–H and O–H groups in total. The first-order valence-electron chi connectivity index (χ1n) is 6.29. The van der Waals surface area contributed by atoms with Gasteiger partial charge in [-0.15, -0.1) is 0 Å². The molecule has 0 amide bonds. The number of ketones is 1. The lowest BCUT2D eigenvalue weighted by Gasteiger charge is -2.19. The minimum absolute atomic E-state index is 0.0779. The van der Waals surface area contributed by atoms with E-state index in [-0.39, 0.29) is 17.8 Å². The molecule has 0 saturated heterocycles. The number of esters is 1. The Balaban J connectivity index is 2.50. The second-order valence-electron chi connectivity index (χ2n) is 5.39. The molecular formula is C16H20O3. The van der Waals surface area contributed by atoms with E-state index in [0.29, 0.717) is 6.42 Å². The number of Topliss-reactive ketones (excluding diaryl/α,β-unsaturated/α-hetero) is 1. The Hall–Kier alpha value is -1.90. The highest BCUT2D eigenvalue weighted by molar-refractivity contribution is 6.16. The van der Waals surface area contributed by atoms with Crippen LogP contribution in [0.25, 0.3) is 0 Å². The van der Waals surface area contributed by atoms with Crippen LogP contribution < -0.4 is 0 Å². The molecule has 0 aromatic heterocycles. The number of carbonyl (C=O) groups is 2. The standard InChI is InChI=1S/C16H20O3/c1-12(15(18)19-16(2,3)4)14(17)11-10-13-8-6-5-7-9-13/h5-9H,1,10-11H2,2-4H3. The van der Waals surface area contributed by atoms with E-state index >= 15 is 0 Å². The Morgan fingerprint density at radius 3 is 2.26 bits per heavy atom. The number of hydrogen-bond donors (Lipinski definition) is 0. The van der Waals surface area contributed by atoms with Crippen molar-refractivity contribution in [2.24, 2.45) is 0 Å². The summed E-state index contributed by atoms with van der Waals surface area (Å²) in [7, 11) is 0. The van der Waals surface area contributed by atoms with Gasteiger partial charge in [0.2, 0.25) is 0 Å². The van der Waals surface area contributed by atoms with Gasteiger partial charge in [-0.2, -0.15) is 0 Å². The van der Waals surface area contributed by atoms with Gasteiger partial charge < -0.3 is 4.74 Å². The molecule has 1 aromatic carbocycles. The molecule has 0 unspecified atom stereocenters. The molecule has 0 spiro atoms. The van der Waals surface area contributed by atoms with E-state index in [1.165, 1.54) is 0 Å². The summed E-state index contributed by atoms with van der Waals surface area (Å²) in [5.74, 6) is -0.899. The van der Waals surface area contributed by atoms with Crippen LogP contribution in [0.3, 0.4) is 0 Å². The number of benzene rings is 1. The highest BCUT2D eigenvalue weighted by atomic mass is 16.6. The van der Waals surface area contributed by atoms with Crippen LogP contribution in [-0.4, -0.2) is 17.4 Å². The summed E-state index contributed by atoms with van der Waals surface area (Å²) in [4.78, 5) is 23.5. The summed E-state index contributed by atoms with van der Waals surface area (Å²) in [6.07, 6.45) is 0.865. The Morgan fingerprint density at radius 1 is 1.16 bits per heavy atom. The zero-order chi connectivity index (χ0) is 14.5. The van der Waals surface area contributed by atoms with Gasteiger partial charge in [0.05, 0.1) is 5.57 Å². The van der Waals surface area contributed by atoms with Crippen molar-refractivity contribution < 1.29 is 14.3 Å². The third kappa shape index (κ3) is 5.51. The molecule has 0 aliphatic carbocycles. The minimum Gasteiger partial charge on any atom is -0.456 e. The van der Waals surface area contributed by atoms with E-state index in [4.69, 9.17) is 4.74 Å². The molecule has 0 bridgehead atoms. The van der Waals surface area contributed by atoms with Crippen molar-refractivity contribution in [1.82, 2.24) is 0 Å². The number of rotatable bonds is 5. The summed E-state index contributed by atoms with van der Waals surface area (Å²) in [6, 6.07) is 9.66. The summed E-state index contributed by atoms with van der Waals surface area (Å²) >= 11 is 0. The molecule has 0 aliphatic rings. The van der Waals surface area contributed by atoms with Gasteiger partial charge in [0.15, 0.2) is 5.78 Å². The fourth-order valence-corrected chi connectivity index (χ4v) is 1.51. The van der Waals surface area contributed by atoms with E-state index in [1.54, 1.807) is 20.8 Å². The van der Waals surface area contributed by atoms with Crippen molar-refractivity contribution in [1.29, 1.82) is 0 Å². The van der Waals surface area contributed by atoms with Crippen molar-refractivity contribution in [2.75, 3.05) is 0 Å². The lowest BCUT2D eigenvalue weighted by atomic mass is 10.0. The molecule has 0 saturated carbocycles. The van der Waals surface area contributed by atoms with Crippen LogP contribution >= 0.6 is 0 Å². The molecule has 0 atom stereocenters. The molecule has 3 nitrogen and oxygen atoms in total. The van der Waals surface area contributed by atoms with Crippen LogP contribution in [-0.2, 0) is 20.7 Å². The highest BCUT2D eigenvalue weighted by Gasteiger charge is 2.22. The Kier molecular flexibility index (Phi) is 5.04. The maximum atomic E-state index is 11.8. The number of aryl methyl sites for hydroxylation is 1. The van der Waals surface area contributed by atoms with E-state index in [2.05, 4.69) is 6.58 Å². The second-order valence-corrected chi connectivity index (χ2v) is 5.39. The Morgan fingerprint density at radius 2 is 1.74 bits per heavy atom. The molecule has 1 aromatic rings. The van der Waals surface area contributed by atoms with Gasteiger partial charge in [0.25, 0.3) is 0 Å². The lowest BCUT2D eigenvalue weighted by Crippen LogP contribution is -2.27. The fraction of sp³-hybridized carbons (Fsp3) is 0.375. The largest absolute Gasteiger partial charge is 0.456 e. The van der Waals surface area contributed by atoms with E-state index in [1.807, 2.05) is 30.3 Å². The van der Waals surface area contributed by atoms with E-state index < -0.39 is 11.6 Å². The molecule has 0 radical (unpaired) electrons. The quantitative estimate of drug-likeness (QED) is 0.353. The van der Waals surface area contributed by atoms with Crippen molar-refractivity contribution in [3.05, 3.63) is 48.0 Å². The maximum Gasteiger partial charge on any atom is 0.341 e. The van der Waals surface area contributed by atoms with Gasteiger partial charge in [-0.1, -0.05) is 36.9 Å². The average Bonchev–Trinajstić information content (AvgIpc) is 2.34. The van der Waals surface area contributed by atoms with Crippen LogP contribution in [0.1, 0.15) is 32.8 Å². The second kappa shape index (κ2) is 6.32. The number of carbonyl (C=O) groups excluding carboxylic acids is 2. The third-order valence-electron chi connectivity index (χ3n) is 2.47. The predicted molar refractivity (Wildman–Crippen MR) is 74.8 cm³/mol. The fourth-order valence-electron chi connectivity index (χ4n) is 1.51. The summed E-state index contributed by atoms with van der Waals surface area (Å²) in [5.41, 5.74) is 0.374. The predicted octanol–water partition coefficient (Wildman–Crippen LogP) is 3.09. The monoisotopic (exact) mass is 260 g/mol. The van der Waals surface area contributed by atoms with Crippen molar-refractivity contribution in [3.8, 4) is 0 Å². The summed E-state index contributed by atoms with van der Waals surface area (Å²) in [5, 5.41) is 0. The first kappa shape index (κ1) is 15.2. The molecular weight excluding hydrogens is 240 g/mol. The van der Waals surface area contributed by atoms with Crippen molar-refractivity contribution in [2.45, 2.75) is 39.2 Å². The van der Waals surface area contributed by atoms with Gasteiger partial charge in [0, 0.05) is 6.42 Å². The smallest absolute Gasteiger partial charge is 0.341 e. The van der Waals surface area contributed by atoms with Crippen molar-refractivity contribution in [3.63, 3.8) is 0 Å². The molecule has 0 fully saturated rings. The molecule has 3 heteroatoms. The zero-order valence-electron chi connectivity index (χ0n) is 11.7. The van der Waals surface area contributed by atoms with E-state index in [9.17, 15) is 9.59 Å². The average molecular weight is 260 g/mol. The van der Waals surface area contributed by atoms with Gasteiger partial charge in [-0.05, 0) is 32.8 Å². The van der Waals surface area contributed by atoms with Crippen LogP contribution in [0, 0.1) is 0 Å². The van der Waals surface area contributed by atoms with Gasteiger partial charge in [-0.25, -0.2) is 4.79 Å². The lowest BCUT2D eigenvalue weighted by molar-refractivity contribution is -0.150. The maximum absolute atomic E-state index is 11.8. The molecule has 1 rings (SSSR count). The van der Waals surface area contributed by atoms with Crippen LogP contribution in [0.5, 0.6) is 0 Å². The summed E-state index contributed by atoms with van der Waals surface area (Å²) in [6.45, 7) is 8.80. The van der Waals surface area contributed by atoms with E-state index in [0.717, 1.165) is 5.56 Å².